The molecule has 2 rings (SSSR count). The Hall–Kier alpha value is -1.12. The summed E-state index contributed by atoms with van der Waals surface area (Å²) in [5.41, 5.74) is 0.633. The molecule has 0 bridgehead atoms. The van der Waals surface area contributed by atoms with Gasteiger partial charge in [0.2, 0.25) is 0 Å². The SMILES string of the molecule is Cc1cc(F)c(NC(C)C2CCCC2)cc1F. The first-order valence-corrected chi connectivity index (χ1v) is 6.30. The summed E-state index contributed by atoms with van der Waals surface area (Å²) >= 11 is 0. The van der Waals surface area contributed by atoms with E-state index in [2.05, 4.69) is 5.32 Å². The second kappa shape index (κ2) is 5.03. The second-order valence-corrected chi connectivity index (χ2v) is 5.06. The van der Waals surface area contributed by atoms with Gasteiger partial charge in [0.25, 0.3) is 0 Å². The molecule has 1 saturated carbocycles. The summed E-state index contributed by atoms with van der Waals surface area (Å²) in [5.74, 6) is -0.139. The summed E-state index contributed by atoms with van der Waals surface area (Å²) in [7, 11) is 0. The van der Waals surface area contributed by atoms with Crippen molar-refractivity contribution in [1.29, 1.82) is 0 Å². The Morgan fingerprint density at radius 1 is 1.18 bits per heavy atom. The van der Waals surface area contributed by atoms with Gasteiger partial charge in [-0.15, -0.1) is 0 Å². The highest BCUT2D eigenvalue weighted by molar-refractivity contribution is 5.47. The van der Waals surface area contributed by atoms with Crippen molar-refractivity contribution >= 4 is 5.69 Å². The van der Waals surface area contributed by atoms with E-state index in [0.717, 1.165) is 0 Å². The van der Waals surface area contributed by atoms with Crippen LogP contribution in [0.2, 0.25) is 0 Å². The summed E-state index contributed by atoms with van der Waals surface area (Å²) < 4.78 is 27.0. The molecule has 0 amide bonds. The molecule has 1 atom stereocenters. The van der Waals surface area contributed by atoms with Crippen LogP contribution in [-0.2, 0) is 0 Å². The Morgan fingerprint density at radius 2 is 1.82 bits per heavy atom. The predicted molar refractivity (Wildman–Crippen MR) is 66.1 cm³/mol. The molecular weight excluding hydrogens is 220 g/mol. The van der Waals surface area contributed by atoms with Crippen LogP contribution in [-0.4, -0.2) is 6.04 Å². The third-order valence-electron chi connectivity index (χ3n) is 3.74. The maximum atomic E-state index is 13.6. The van der Waals surface area contributed by atoms with Crippen molar-refractivity contribution in [1.82, 2.24) is 0 Å². The fraction of sp³-hybridized carbons (Fsp3) is 0.571. The minimum absolute atomic E-state index is 0.203. The molecule has 3 heteroatoms. The normalized spacial score (nSPS) is 18.4. The molecule has 0 spiro atoms. The van der Waals surface area contributed by atoms with Crippen LogP contribution in [0.25, 0.3) is 0 Å². The molecule has 1 nitrogen and oxygen atoms in total. The lowest BCUT2D eigenvalue weighted by molar-refractivity contribution is 0.478. The van der Waals surface area contributed by atoms with Gasteiger partial charge in [0.15, 0.2) is 0 Å². The Balaban J connectivity index is 2.09. The van der Waals surface area contributed by atoms with Gasteiger partial charge in [0, 0.05) is 12.1 Å². The Labute approximate surface area is 101 Å². The van der Waals surface area contributed by atoms with Gasteiger partial charge in [-0.1, -0.05) is 12.8 Å². The van der Waals surface area contributed by atoms with Crippen LogP contribution in [0.4, 0.5) is 14.5 Å². The molecule has 1 unspecified atom stereocenters. The van der Waals surface area contributed by atoms with E-state index < -0.39 is 0 Å². The molecule has 1 N–H and O–H groups in total. The van der Waals surface area contributed by atoms with Crippen molar-refractivity contribution in [3.63, 3.8) is 0 Å². The van der Waals surface area contributed by atoms with Crippen molar-refractivity contribution in [2.24, 2.45) is 5.92 Å². The maximum Gasteiger partial charge on any atom is 0.146 e. The standard InChI is InChI=1S/C14H19F2N/c1-9-7-13(16)14(8-12(9)15)17-10(2)11-5-3-4-6-11/h7-8,10-11,17H,3-6H2,1-2H3. The van der Waals surface area contributed by atoms with Gasteiger partial charge in [-0.2, -0.15) is 0 Å². The smallest absolute Gasteiger partial charge is 0.146 e. The highest BCUT2D eigenvalue weighted by Gasteiger charge is 2.22. The van der Waals surface area contributed by atoms with Crippen molar-refractivity contribution in [2.45, 2.75) is 45.6 Å². The van der Waals surface area contributed by atoms with Crippen molar-refractivity contribution in [3.05, 3.63) is 29.3 Å². The van der Waals surface area contributed by atoms with E-state index in [9.17, 15) is 8.78 Å². The molecule has 17 heavy (non-hydrogen) atoms. The fourth-order valence-electron chi connectivity index (χ4n) is 2.58. The highest BCUT2D eigenvalue weighted by atomic mass is 19.1. The first kappa shape index (κ1) is 12.3. The van der Waals surface area contributed by atoms with Crippen LogP contribution in [0, 0.1) is 24.5 Å². The number of nitrogens with one attached hydrogen (secondary N) is 1. The molecule has 0 aliphatic heterocycles. The van der Waals surface area contributed by atoms with E-state index in [-0.39, 0.29) is 23.4 Å². The quantitative estimate of drug-likeness (QED) is 0.830. The largest absolute Gasteiger partial charge is 0.380 e. The molecule has 1 aromatic rings. The summed E-state index contributed by atoms with van der Waals surface area (Å²) in [6, 6.07) is 2.71. The van der Waals surface area contributed by atoms with E-state index >= 15 is 0 Å². The van der Waals surface area contributed by atoms with Crippen molar-refractivity contribution in [2.75, 3.05) is 5.32 Å². The maximum absolute atomic E-state index is 13.6. The molecule has 1 aromatic carbocycles. The lowest BCUT2D eigenvalue weighted by atomic mass is 9.99. The lowest BCUT2D eigenvalue weighted by Gasteiger charge is -2.22. The monoisotopic (exact) mass is 239 g/mol. The zero-order valence-corrected chi connectivity index (χ0v) is 10.4. The highest BCUT2D eigenvalue weighted by Crippen LogP contribution is 2.30. The van der Waals surface area contributed by atoms with Crippen LogP contribution in [0.1, 0.15) is 38.2 Å². The first-order valence-electron chi connectivity index (χ1n) is 6.30. The lowest BCUT2D eigenvalue weighted by Crippen LogP contribution is -2.24. The number of hydrogen-bond acceptors (Lipinski definition) is 1. The minimum atomic E-state index is -0.367. The number of hydrogen-bond donors (Lipinski definition) is 1. The van der Waals surface area contributed by atoms with Gasteiger partial charge in [0.1, 0.15) is 11.6 Å². The number of benzene rings is 1. The van der Waals surface area contributed by atoms with E-state index in [0.29, 0.717) is 11.5 Å². The summed E-state index contributed by atoms with van der Waals surface area (Å²) in [4.78, 5) is 0. The number of anilines is 1. The van der Waals surface area contributed by atoms with Crippen LogP contribution >= 0.6 is 0 Å². The first-order chi connectivity index (χ1) is 8.08. The molecule has 1 aliphatic carbocycles. The molecule has 0 aromatic heterocycles. The second-order valence-electron chi connectivity index (χ2n) is 5.06. The third-order valence-corrected chi connectivity index (χ3v) is 3.74. The summed E-state index contributed by atoms with van der Waals surface area (Å²) in [6.45, 7) is 3.62. The molecule has 0 saturated heterocycles. The fourth-order valence-corrected chi connectivity index (χ4v) is 2.58. The van der Waals surface area contributed by atoms with E-state index in [4.69, 9.17) is 0 Å². The van der Waals surface area contributed by atoms with E-state index in [1.54, 1.807) is 6.92 Å². The van der Waals surface area contributed by atoms with Crippen LogP contribution in [0.15, 0.2) is 12.1 Å². The van der Waals surface area contributed by atoms with Gasteiger partial charge in [-0.05, 0) is 44.2 Å². The molecular formula is C14H19F2N. The van der Waals surface area contributed by atoms with Crippen LogP contribution in [0.5, 0.6) is 0 Å². The zero-order valence-electron chi connectivity index (χ0n) is 10.4. The number of aryl methyl sites for hydroxylation is 1. The van der Waals surface area contributed by atoms with E-state index in [1.807, 2.05) is 6.92 Å². The number of halogens is 2. The Bertz CT molecular complexity index is 397. The van der Waals surface area contributed by atoms with Crippen LogP contribution in [0.3, 0.4) is 0 Å². The average molecular weight is 239 g/mol. The summed E-state index contributed by atoms with van der Waals surface area (Å²) in [5, 5.41) is 3.11. The van der Waals surface area contributed by atoms with E-state index in [1.165, 1.54) is 37.8 Å². The Kier molecular flexibility index (Phi) is 3.65. The van der Waals surface area contributed by atoms with Gasteiger partial charge in [-0.25, -0.2) is 8.78 Å². The third kappa shape index (κ3) is 2.76. The topological polar surface area (TPSA) is 12.0 Å². The average Bonchev–Trinajstić information content (AvgIpc) is 2.79. The van der Waals surface area contributed by atoms with Gasteiger partial charge in [-0.3, -0.25) is 0 Å². The van der Waals surface area contributed by atoms with Crippen molar-refractivity contribution < 1.29 is 8.78 Å². The molecule has 1 aliphatic rings. The number of rotatable bonds is 3. The van der Waals surface area contributed by atoms with Crippen LogP contribution < -0.4 is 5.32 Å². The molecule has 0 radical (unpaired) electrons. The van der Waals surface area contributed by atoms with Gasteiger partial charge < -0.3 is 5.32 Å². The minimum Gasteiger partial charge on any atom is -0.380 e. The molecule has 94 valence electrons. The molecule has 1 fully saturated rings. The van der Waals surface area contributed by atoms with Crippen molar-refractivity contribution in [3.8, 4) is 0 Å². The predicted octanol–water partition coefficient (Wildman–Crippen LogP) is 4.26. The molecule has 0 heterocycles. The van der Waals surface area contributed by atoms with Gasteiger partial charge in [0.05, 0.1) is 5.69 Å². The zero-order chi connectivity index (χ0) is 12.4. The van der Waals surface area contributed by atoms with Gasteiger partial charge >= 0.3 is 0 Å². The Morgan fingerprint density at radius 3 is 2.47 bits per heavy atom. The summed E-state index contributed by atoms with van der Waals surface area (Å²) in [6.07, 6.45) is 4.87.